The van der Waals surface area contributed by atoms with Crippen LogP contribution in [0.5, 0.6) is 5.75 Å². The van der Waals surface area contributed by atoms with E-state index in [1.165, 1.54) is 25.7 Å². The van der Waals surface area contributed by atoms with Crippen LogP contribution in [-0.4, -0.2) is 17.2 Å². The Kier molecular flexibility index (Phi) is 4.55. The van der Waals surface area contributed by atoms with Gasteiger partial charge in [-0.2, -0.15) is 0 Å². The molecule has 0 radical (unpaired) electrons. The third-order valence-corrected chi connectivity index (χ3v) is 6.20. The van der Waals surface area contributed by atoms with E-state index < -0.39 is 0 Å². The van der Waals surface area contributed by atoms with Crippen LogP contribution in [0.15, 0.2) is 40.9 Å². The Labute approximate surface area is 149 Å². The summed E-state index contributed by atoms with van der Waals surface area (Å²) in [6, 6.07) is 13.3. The van der Waals surface area contributed by atoms with Gasteiger partial charge < -0.3 is 14.6 Å². The van der Waals surface area contributed by atoms with E-state index in [-0.39, 0.29) is 0 Å². The van der Waals surface area contributed by atoms with E-state index in [1.807, 2.05) is 36.4 Å². The zero-order chi connectivity index (χ0) is 17.3. The first kappa shape index (κ1) is 16.6. The number of hydrogen-bond donors (Lipinski definition) is 1. The molecule has 1 aromatic heterocycles. The van der Waals surface area contributed by atoms with Gasteiger partial charge >= 0.3 is 0 Å². The van der Waals surface area contributed by atoms with Crippen LogP contribution in [0.3, 0.4) is 0 Å². The summed E-state index contributed by atoms with van der Waals surface area (Å²) in [4.78, 5) is 0. The van der Waals surface area contributed by atoms with Gasteiger partial charge in [0.25, 0.3) is 0 Å². The molecule has 2 aliphatic carbocycles. The highest BCUT2D eigenvalue weighted by Gasteiger charge is 2.48. The number of aromatic nitrogens is 1. The second kappa shape index (κ2) is 6.83. The first-order valence-corrected chi connectivity index (χ1v) is 9.49. The van der Waals surface area contributed by atoms with Crippen molar-refractivity contribution in [3.63, 3.8) is 0 Å². The highest BCUT2D eigenvalue weighted by atomic mass is 16.5. The zero-order valence-electron chi connectivity index (χ0n) is 15.2. The fourth-order valence-electron chi connectivity index (χ4n) is 3.95. The van der Waals surface area contributed by atoms with E-state index in [9.17, 15) is 0 Å². The Morgan fingerprint density at radius 1 is 1.24 bits per heavy atom. The van der Waals surface area contributed by atoms with Crippen LogP contribution < -0.4 is 10.1 Å². The van der Waals surface area contributed by atoms with Crippen molar-refractivity contribution in [1.82, 2.24) is 10.5 Å². The predicted octanol–water partition coefficient (Wildman–Crippen LogP) is 4.35. The maximum atomic E-state index is 5.73. The summed E-state index contributed by atoms with van der Waals surface area (Å²) in [6.45, 7) is 5.20. The number of benzene rings is 1. The van der Waals surface area contributed by atoms with Crippen LogP contribution >= 0.6 is 0 Å². The van der Waals surface area contributed by atoms with Crippen LogP contribution in [0.4, 0.5) is 0 Å². The Hall–Kier alpha value is -1.81. The summed E-state index contributed by atoms with van der Waals surface area (Å²) in [5.41, 5.74) is 1.38. The average Bonchev–Trinajstić information content (AvgIpc) is 3.02. The molecule has 0 aliphatic heterocycles. The van der Waals surface area contributed by atoms with Crippen LogP contribution in [0.1, 0.15) is 51.0 Å². The minimum Gasteiger partial charge on any atom is -0.486 e. The molecule has 1 aromatic carbocycles. The van der Waals surface area contributed by atoms with Gasteiger partial charge in [0.1, 0.15) is 12.4 Å². The van der Waals surface area contributed by atoms with Crippen molar-refractivity contribution in [2.24, 2.45) is 11.3 Å². The number of hydrogen-bond acceptors (Lipinski definition) is 4. The van der Waals surface area contributed by atoms with E-state index in [0.717, 1.165) is 29.7 Å². The van der Waals surface area contributed by atoms with Gasteiger partial charge in [-0.15, -0.1) is 0 Å². The molecule has 0 unspecified atom stereocenters. The quantitative estimate of drug-likeness (QED) is 0.814. The molecule has 134 valence electrons. The average molecular weight is 340 g/mol. The first-order valence-electron chi connectivity index (χ1n) is 9.49. The van der Waals surface area contributed by atoms with Gasteiger partial charge in [0.15, 0.2) is 5.76 Å². The van der Waals surface area contributed by atoms with Crippen LogP contribution in [0, 0.1) is 11.3 Å². The summed E-state index contributed by atoms with van der Waals surface area (Å²) < 4.78 is 11.2. The van der Waals surface area contributed by atoms with Gasteiger partial charge in [-0.1, -0.05) is 43.6 Å². The van der Waals surface area contributed by atoms with Gasteiger partial charge in [0.05, 0.1) is 5.69 Å². The fourth-order valence-corrected chi connectivity index (χ4v) is 3.95. The SMILES string of the molecule is CC1(C)[C@H](Cc2cc(COc3ccccc3)on2)C[C@@H]1NC1CCC1. The van der Waals surface area contributed by atoms with Crippen LogP contribution in [0.25, 0.3) is 0 Å². The Bertz CT molecular complexity index is 691. The van der Waals surface area contributed by atoms with Crippen LogP contribution in [-0.2, 0) is 13.0 Å². The van der Waals surface area contributed by atoms with Gasteiger partial charge in [-0.05, 0) is 49.1 Å². The normalized spacial score (nSPS) is 25.2. The van der Waals surface area contributed by atoms with Crippen LogP contribution in [0.2, 0.25) is 0 Å². The molecule has 25 heavy (non-hydrogen) atoms. The van der Waals surface area contributed by atoms with E-state index >= 15 is 0 Å². The maximum absolute atomic E-state index is 5.73. The lowest BCUT2D eigenvalue weighted by Gasteiger charge is -2.54. The van der Waals surface area contributed by atoms with Crippen molar-refractivity contribution in [2.75, 3.05) is 0 Å². The molecule has 1 N–H and O–H groups in total. The molecule has 0 amide bonds. The van der Waals surface area contributed by atoms with Crippen molar-refractivity contribution in [3.8, 4) is 5.75 Å². The molecule has 0 spiro atoms. The number of nitrogens with zero attached hydrogens (tertiary/aromatic N) is 1. The highest BCUT2D eigenvalue weighted by molar-refractivity contribution is 5.21. The number of para-hydroxylation sites is 1. The lowest BCUT2D eigenvalue weighted by atomic mass is 9.57. The second-order valence-corrected chi connectivity index (χ2v) is 8.19. The molecule has 1 heterocycles. The molecular weight excluding hydrogens is 312 g/mol. The number of nitrogens with one attached hydrogen (secondary N) is 1. The van der Waals surface area contributed by atoms with Crippen molar-refractivity contribution in [3.05, 3.63) is 47.9 Å². The predicted molar refractivity (Wildman–Crippen MR) is 97.4 cm³/mol. The molecule has 4 rings (SSSR count). The fraction of sp³-hybridized carbons (Fsp3) is 0.571. The molecule has 2 aromatic rings. The summed E-state index contributed by atoms with van der Waals surface area (Å²) in [7, 11) is 0. The Morgan fingerprint density at radius 2 is 2.04 bits per heavy atom. The lowest BCUT2D eigenvalue weighted by Crippen LogP contribution is -2.60. The maximum Gasteiger partial charge on any atom is 0.174 e. The largest absolute Gasteiger partial charge is 0.486 e. The van der Waals surface area contributed by atoms with E-state index in [0.29, 0.717) is 24.0 Å². The summed E-state index contributed by atoms with van der Waals surface area (Å²) >= 11 is 0. The minimum atomic E-state index is 0.329. The second-order valence-electron chi connectivity index (χ2n) is 8.19. The topological polar surface area (TPSA) is 47.3 Å². The molecule has 0 saturated heterocycles. The Morgan fingerprint density at radius 3 is 2.72 bits per heavy atom. The molecule has 2 fully saturated rings. The van der Waals surface area contributed by atoms with Crippen molar-refractivity contribution in [1.29, 1.82) is 0 Å². The van der Waals surface area contributed by atoms with Crippen molar-refractivity contribution in [2.45, 2.75) is 64.6 Å². The van der Waals surface area contributed by atoms with E-state index in [4.69, 9.17) is 9.26 Å². The zero-order valence-corrected chi connectivity index (χ0v) is 15.2. The molecule has 0 bridgehead atoms. The molecule has 2 aliphatic rings. The highest BCUT2D eigenvalue weighted by Crippen LogP contribution is 2.48. The smallest absolute Gasteiger partial charge is 0.174 e. The number of rotatable bonds is 7. The molecule has 2 saturated carbocycles. The number of ether oxygens (including phenoxy) is 1. The van der Waals surface area contributed by atoms with Crippen molar-refractivity contribution >= 4 is 0 Å². The minimum absolute atomic E-state index is 0.329. The molecule has 4 nitrogen and oxygen atoms in total. The molecule has 2 atom stereocenters. The lowest BCUT2D eigenvalue weighted by molar-refractivity contribution is 0.000510. The summed E-state index contributed by atoms with van der Waals surface area (Å²) in [5, 5.41) is 8.09. The standard InChI is InChI=1S/C21H28N2O2/c1-21(2)15(12-20(21)22-16-7-6-8-16)11-17-13-19(25-23-17)14-24-18-9-4-3-5-10-18/h3-5,9-10,13,15-16,20,22H,6-8,11-12,14H2,1-2H3/t15-,20+/m1/s1. The van der Waals surface area contributed by atoms with Gasteiger partial charge in [-0.3, -0.25) is 0 Å². The van der Waals surface area contributed by atoms with Gasteiger partial charge in [-0.25, -0.2) is 0 Å². The molecule has 4 heteroatoms. The van der Waals surface area contributed by atoms with E-state index in [1.54, 1.807) is 0 Å². The molecular formula is C21H28N2O2. The van der Waals surface area contributed by atoms with Gasteiger partial charge in [0.2, 0.25) is 0 Å². The summed E-state index contributed by atoms with van der Waals surface area (Å²) in [5.74, 6) is 2.31. The van der Waals surface area contributed by atoms with Gasteiger partial charge in [0, 0.05) is 18.2 Å². The third-order valence-electron chi connectivity index (χ3n) is 6.20. The van der Waals surface area contributed by atoms with Crippen molar-refractivity contribution < 1.29 is 9.26 Å². The monoisotopic (exact) mass is 340 g/mol. The third kappa shape index (κ3) is 3.59. The Balaban J connectivity index is 1.28. The summed E-state index contributed by atoms with van der Waals surface area (Å²) in [6.07, 6.45) is 6.33. The van der Waals surface area contributed by atoms with E-state index in [2.05, 4.69) is 24.3 Å². The first-order chi connectivity index (χ1) is 12.1.